The summed E-state index contributed by atoms with van der Waals surface area (Å²) in [7, 11) is 3.48. The number of ether oxygens (including phenoxy) is 3. The van der Waals surface area contributed by atoms with E-state index in [4.69, 9.17) is 14.2 Å². The Kier molecular flexibility index (Phi) is 8.95. The molecule has 1 saturated heterocycles. The molecule has 0 amide bonds. The summed E-state index contributed by atoms with van der Waals surface area (Å²) in [4.78, 5) is 9.07. The molecule has 0 spiro atoms. The van der Waals surface area contributed by atoms with Crippen LogP contribution in [0.4, 0.5) is 0 Å². The molecule has 194 valence electrons. The van der Waals surface area contributed by atoms with E-state index in [1.165, 1.54) is 0 Å². The molecule has 12 heteroatoms. The predicted octanol–water partition coefficient (Wildman–Crippen LogP) is 2.08. The maximum absolute atomic E-state index is 11.6. The summed E-state index contributed by atoms with van der Waals surface area (Å²) < 4.78 is 43.5. The maximum Gasteiger partial charge on any atom is 0.231 e. The molecule has 1 aliphatic carbocycles. The number of nitrogens with one attached hydrogen (secondary N) is 1. The molecule has 4 rings (SSSR count). The van der Waals surface area contributed by atoms with E-state index in [1.54, 1.807) is 26.6 Å². The van der Waals surface area contributed by atoms with Crippen LogP contribution in [0.1, 0.15) is 73.5 Å². The summed E-state index contributed by atoms with van der Waals surface area (Å²) in [6.07, 6.45) is 7.61. The number of rotatable bonds is 10. The van der Waals surface area contributed by atoms with Crippen LogP contribution in [-0.4, -0.2) is 79.2 Å². The summed E-state index contributed by atoms with van der Waals surface area (Å²) in [6, 6.07) is -0.482. The summed E-state index contributed by atoms with van der Waals surface area (Å²) in [6.45, 7) is 5.08. The van der Waals surface area contributed by atoms with Gasteiger partial charge in [-0.3, -0.25) is 4.55 Å². The molecule has 2 fully saturated rings. The largest absolute Gasteiger partial charge is 0.381 e. The number of methoxy groups -OCH3 is 2. The van der Waals surface area contributed by atoms with Gasteiger partial charge in [-0.15, -0.1) is 10.2 Å². The maximum atomic E-state index is 11.6. The molecule has 0 bridgehead atoms. The summed E-state index contributed by atoms with van der Waals surface area (Å²) >= 11 is -2.18. The van der Waals surface area contributed by atoms with Crippen LogP contribution in [0.2, 0.25) is 0 Å². The van der Waals surface area contributed by atoms with Crippen molar-refractivity contribution in [3.63, 3.8) is 0 Å². The van der Waals surface area contributed by atoms with Crippen molar-refractivity contribution in [2.24, 2.45) is 0 Å². The molecule has 0 radical (unpaired) electrons. The number of hydrogen-bond acceptors (Lipinski definition) is 8. The molecular formula is C23H36N6O5S. The van der Waals surface area contributed by atoms with E-state index in [1.807, 2.05) is 13.8 Å². The molecule has 3 heterocycles. The first kappa shape index (κ1) is 26.2. The Morgan fingerprint density at radius 2 is 1.89 bits per heavy atom. The van der Waals surface area contributed by atoms with Crippen molar-refractivity contribution in [2.45, 2.75) is 82.1 Å². The van der Waals surface area contributed by atoms with Gasteiger partial charge in [0.1, 0.15) is 17.5 Å². The van der Waals surface area contributed by atoms with E-state index in [0.29, 0.717) is 25.5 Å². The van der Waals surface area contributed by atoms with Gasteiger partial charge in [0.25, 0.3) is 0 Å². The molecule has 2 N–H and O–H groups in total. The van der Waals surface area contributed by atoms with Crippen molar-refractivity contribution in [3.8, 4) is 0 Å². The third-order valence-electron chi connectivity index (χ3n) is 7.16. The third kappa shape index (κ3) is 5.95. The van der Waals surface area contributed by atoms with Gasteiger partial charge in [0.2, 0.25) is 11.3 Å². The molecule has 1 aliphatic heterocycles. The van der Waals surface area contributed by atoms with E-state index in [9.17, 15) is 8.76 Å². The zero-order chi connectivity index (χ0) is 24.9. The summed E-state index contributed by atoms with van der Waals surface area (Å²) in [5, 5.41) is 9.29. The van der Waals surface area contributed by atoms with E-state index in [0.717, 1.165) is 42.9 Å². The minimum Gasteiger partial charge on any atom is -0.381 e. The Morgan fingerprint density at radius 3 is 2.46 bits per heavy atom. The van der Waals surface area contributed by atoms with Gasteiger partial charge in [0, 0.05) is 57.5 Å². The van der Waals surface area contributed by atoms with Crippen molar-refractivity contribution in [3.05, 3.63) is 35.4 Å². The fraction of sp³-hybridized carbons (Fsp3) is 0.739. The molecule has 0 aromatic carbocycles. The number of nitrogens with zero attached hydrogens (tertiary/aromatic N) is 5. The first-order valence-corrected chi connectivity index (χ1v) is 13.3. The van der Waals surface area contributed by atoms with Gasteiger partial charge in [-0.2, -0.15) is 0 Å². The normalized spacial score (nSPS) is 27.6. The molecule has 2 unspecified atom stereocenters. The predicted molar refractivity (Wildman–Crippen MR) is 129 cm³/mol. The van der Waals surface area contributed by atoms with E-state index >= 15 is 0 Å². The van der Waals surface area contributed by atoms with Gasteiger partial charge < -0.3 is 18.8 Å². The van der Waals surface area contributed by atoms with Gasteiger partial charge >= 0.3 is 0 Å². The summed E-state index contributed by atoms with van der Waals surface area (Å²) in [5.41, 5.74) is 0.943. The Hall–Kier alpha value is -1.83. The average molecular weight is 509 g/mol. The van der Waals surface area contributed by atoms with Crippen LogP contribution in [0.5, 0.6) is 0 Å². The molecule has 2 aliphatic rings. The fourth-order valence-corrected chi connectivity index (χ4v) is 5.77. The van der Waals surface area contributed by atoms with Gasteiger partial charge in [0.15, 0.2) is 0 Å². The zero-order valence-corrected chi connectivity index (χ0v) is 21.6. The number of aryl methyl sites for hydroxylation is 1. The number of hydrogen-bond donors (Lipinski definition) is 2. The topological polar surface area (TPSA) is 134 Å². The van der Waals surface area contributed by atoms with Crippen LogP contribution in [0, 0.1) is 6.92 Å². The molecular weight excluding hydrogens is 472 g/mol. The molecule has 2 aromatic rings. The highest BCUT2D eigenvalue weighted by atomic mass is 32.2. The van der Waals surface area contributed by atoms with E-state index in [-0.39, 0.29) is 30.1 Å². The van der Waals surface area contributed by atoms with Crippen LogP contribution in [0.3, 0.4) is 0 Å². The highest BCUT2D eigenvalue weighted by molar-refractivity contribution is 7.77. The molecule has 2 aromatic heterocycles. The standard InChI is InChI=1S/C23H36N6O5S/c1-14-11-24-22(25-12-14)17(15(2)28-35(30)31)10-20-26-27-23(16-8-9-34-13-16)29(20)21-18(32-3)6-5-7-19(21)33-4/h11-12,15-19,21,28H,5-10,13H2,1-4H3,(H,30,31)/t15-,16+,17-,18-,19+,21?/m1/s1. The van der Waals surface area contributed by atoms with Crippen LogP contribution in [0.15, 0.2) is 12.4 Å². The van der Waals surface area contributed by atoms with Crippen molar-refractivity contribution in [1.82, 2.24) is 29.5 Å². The highest BCUT2D eigenvalue weighted by Gasteiger charge is 2.40. The number of aromatic nitrogens is 5. The van der Waals surface area contributed by atoms with Gasteiger partial charge in [-0.05, 0) is 45.1 Å². The van der Waals surface area contributed by atoms with E-state index in [2.05, 4.69) is 29.5 Å². The first-order chi connectivity index (χ1) is 16.9. The molecule has 1 saturated carbocycles. The van der Waals surface area contributed by atoms with Gasteiger partial charge in [-0.1, -0.05) is 0 Å². The Balaban J connectivity index is 1.77. The smallest absolute Gasteiger partial charge is 0.231 e. The minimum absolute atomic E-state index is 0.0425. The molecule has 35 heavy (non-hydrogen) atoms. The lowest BCUT2D eigenvalue weighted by Crippen LogP contribution is -2.42. The molecule has 11 nitrogen and oxygen atoms in total. The average Bonchev–Trinajstić information content (AvgIpc) is 3.52. The van der Waals surface area contributed by atoms with Gasteiger partial charge in [0.05, 0.1) is 24.9 Å². The second-order valence-electron chi connectivity index (χ2n) is 9.46. The van der Waals surface area contributed by atoms with Gasteiger partial charge in [-0.25, -0.2) is 18.9 Å². The van der Waals surface area contributed by atoms with Crippen LogP contribution in [0.25, 0.3) is 0 Å². The minimum atomic E-state index is -2.18. The Bertz CT molecular complexity index is 971. The van der Waals surface area contributed by atoms with Crippen LogP contribution < -0.4 is 4.72 Å². The SMILES string of the molecule is CO[C@H]1CCC[C@@H](OC)C1n1c(C[C@@H](c2ncc(C)cn2)[C@@H](C)NS(=O)O)nnc1[C@H]1CCOC1. The first-order valence-electron chi connectivity index (χ1n) is 12.2. The lowest BCUT2D eigenvalue weighted by molar-refractivity contribution is -0.0580. The third-order valence-corrected chi connectivity index (χ3v) is 7.73. The second kappa shape index (κ2) is 11.9. The van der Waals surface area contributed by atoms with Crippen molar-refractivity contribution in [1.29, 1.82) is 0 Å². The quantitative estimate of drug-likeness (QED) is 0.463. The second-order valence-corrected chi connectivity index (χ2v) is 10.2. The van der Waals surface area contributed by atoms with Crippen LogP contribution >= 0.6 is 0 Å². The zero-order valence-electron chi connectivity index (χ0n) is 20.8. The monoisotopic (exact) mass is 508 g/mol. The van der Waals surface area contributed by atoms with Crippen molar-refractivity contribution >= 4 is 11.3 Å². The summed E-state index contributed by atoms with van der Waals surface area (Å²) in [5.74, 6) is 2.05. The van der Waals surface area contributed by atoms with Crippen molar-refractivity contribution < 1.29 is 23.0 Å². The van der Waals surface area contributed by atoms with Crippen molar-refractivity contribution in [2.75, 3.05) is 27.4 Å². The van der Waals surface area contributed by atoms with Crippen LogP contribution in [-0.2, 0) is 31.9 Å². The highest BCUT2D eigenvalue weighted by Crippen LogP contribution is 2.38. The van der Waals surface area contributed by atoms with E-state index < -0.39 is 17.3 Å². The molecule has 7 atom stereocenters. The Morgan fingerprint density at radius 1 is 1.20 bits per heavy atom. The Labute approximate surface area is 208 Å². The lowest BCUT2D eigenvalue weighted by atomic mass is 9.88. The fourth-order valence-electron chi connectivity index (χ4n) is 5.29. The lowest BCUT2D eigenvalue weighted by Gasteiger charge is -2.39.